The predicted molar refractivity (Wildman–Crippen MR) is 131 cm³/mol. The van der Waals surface area contributed by atoms with Gasteiger partial charge < -0.3 is 0 Å². The van der Waals surface area contributed by atoms with Crippen molar-refractivity contribution < 1.29 is 8.42 Å². The molecule has 0 heterocycles. The molecule has 174 valence electrons. The Balaban J connectivity index is 0.000000580. The van der Waals surface area contributed by atoms with Crippen molar-refractivity contribution in [2.24, 2.45) is 5.92 Å². The Morgan fingerprint density at radius 2 is 1.16 bits per heavy atom. The molecule has 0 aromatic heterocycles. The number of nitriles is 2. The first-order chi connectivity index (χ1) is 15.2. The largest absolute Gasteiger partial charge is 0.235 e. The molecule has 1 aliphatic rings. The van der Waals surface area contributed by atoms with Crippen LogP contribution in [0.4, 0.5) is 0 Å². The van der Waals surface area contributed by atoms with Crippen molar-refractivity contribution in [1.82, 2.24) is 0 Å². The minimum atomic E-state index is -1.42. The van der Waals surface area contributed by atoms with Crippen LogP contribution in [-0.4, -0.2) is 8.42 Å². The lowest BCUT2D eigenvalue weighted by molar-refractivity contribution is 0.286. The summed E-state index contributed by atoms with van der Waals surface area (Å²) in [5.41, 5.74) is 0.870. The van der Waals surface area contributed by atoms with E-state index in [-0.39, 0.29) is 0 Å². The van der Waals surface area contributed by atoms with Gasteiger partial charge in [-0.05, 0) is 18.1 Å². The molecular weight excluding hydrogens is 404 g/mol. The molecule has 0 N–H and O–H groups in total. The molecule has 1 saturated carbocycles. The molecule has 0 spiro atoms. The summed E-state index contributed by atoms with van der Waals surface area (Å²) in [5.74, 6) is 1.13. The van der Waals surface area contributed by atoms with Crippen LogP contribution in [0.3, 0.4) is 0 Å². The third kappa shape index (κ3) is 17.5. The average molecular weight is 447 g/mol. The maximum atomic E-state index is 8.45. The Morgan fingerprint density at radius 3 is 1.48 bits per heavy atom. The van der Waals surface area contributed by atoms with Gasteiger partial charge in [0.25, 0.3) is 0 Å². The van der Waals surface area contributed by atoms with E-state index in [1.54, 1.807) is 24.3 Å². The van der Waals surface area contributed by atoms with Crippen LogP contribution in [0, 0.1) is 28.6 Å². The van der Waals surface area contributed by atoms with Crippen molar-refractivity contribution in [1.29, 1.82) is 10.5 Å². The van der Waals surface area contributed by atoms with E-state index in [9.17, 15) is 0 Å². The van der Waals surface area contributed by atoms with E-state index in [1.807, 2.05) is 12.1 Å². The van der Waals surface area contributed by atoms with Gasteiger partial charge in [-0.1, -0.05) is 122 Å². The second-order valence-corrected chi connectivity index (χ2v) is 8.49. The Bertz CT molecular complexity index is 636. The minimum absolute atomic E-state index is 0.435. The summed E-state index contributed by atoms with van der Waals surface area (Å²) in [4.78, 5) is 0. The molecule has 2 rings (SSSR count). The fourth-order valence-electron chi connectivity index (χ4n) is 3.73. The van der Waals surface area contributed by atoms with E-state index in [0.717, 1.165) is 5.92 Å². The minimum Gasteiger partial charge on any atom is -0.235 e. The Hall–Kier alpha value is -1.85. The van der Waals surface area contributed by atoms with Crippen molar-refractivity contribution in [3.8, 4) is 12.1 Å². The average Bonchev–Trinajstić information content (AvgIpc) is 2.76. The summed E-state index contributed by atoms with van der Waals surface area (Å²) in [6.45, 7) is 2.30. The third-order valence-corrected chi connectivity index (χ3v) is 5.86. The molecule has 0 atom stereocenters. The van der Waals surface area contributed by atoms with E-state index in [1.165, 1.54) is 103 Å². The van der Waals surface area contributed by atoms with E-state index < -0.39 is 11.6 Å². The zero-order chi connectivity index (χ0) is 23.0. The molecule has 31 heavy (non-hydrogen) atoms. The van der Waals surface area contributed by atoms with Gasteiger partial charge in [0.2, 0.25) is 0 Å². The molecule has 0 amide bonds. The molecule has 5 heteroatoms. The molecule has 4 nitrogen and oxygen atoms in total. The number of unbranched alkanes of at least 4 members (excludes halogenated alkanes) is 11. The maximum Gasteiger partial charge on any atom is 0.129 e. The highest BCUT2D eigenvalue weighted by molar-refractivity contribution is 7.51. The molecule has 0 unspecified atom stereocenters. The van der Waals surface area contributed by atoms with Crippen molar-refractivity contribution >= 4 is 11.6 Å². The van der Waals surface area contributed by atoms with Gasteiger partial charge in [-0.25, -0.2) is 8.42 Å². The zero-order valence-corrected chi connectivity index (χ0v) is 20.4. The first-order valence-electron chi connectivity index (χ1n) is 12.1. The van der Waals surface area contributed by atoms with Crippen LogP contribution in [0.15, 0.2) is 24.3 Å². The van der Waals surface area contributed by atoms with Crippen molar-refractivity contribution in [3.05, 3.63) is 35.4 Å². The summed E-state index contributed by atoms with van der Waals surface area (Å²) >= 11 is -1.42. The molecule has 1 fully saturated rings. The molecule has 1 aromatic rings. The van der Waals surface area contributed by atoms with Crippen LogP contribution < -0.4 is 0 Å². The molecule has 1 aliphatic carbocycles. The Morgan fingerprint density at radius 1 is 0.774 bits per heavy atom. The summed E-state index contributed by atoms with van der Waals surface area (Å²) in [7, 11) is 0. The Kier molecular flexibility index (Phi) is 21.5. The molecular formula is C26H42N2O2S. The number of hydrogen-bond donors (Lipinski definition) is 0. The molecule has 0 aliphatic heterocycles. The Labute approximate surface area is 193 Å². The third-order valence-electron chi connectivity index (χ3n) is 5.86. The number of hydrogen-bond acceptors (Lipinski definition) is 4. The van der Waals surface area contributed by atoms with Gasteiger partial charge in [0.1, 0.15) is 23.7 Å². The second kappa shape index (κ2) is 22.8. The summed E-state index contributed by atoms with van der Waals surface area (Å²) < 4.78 is 16.8. The fraction of sp³-hybridized carbons (Fsp3) is 0.692. The molecule has 1 aromatic carbocycles. The van der Waals surface area contributed by atoms with Crippen molar-refractivity contribution in [2.75, 3.05) is 0 Å². The summed E-state index contributed by atoms with van der Waals surface area (Å²) in [6, 6.07) is 10.6. The zero-order valence-electron chi connectivity index (χ0n) is 19.4. The van der Waals surface area contributed by atoms with E-state index in [2.05, 4.69) is 6.92 Å². The number of benzene rings is 1. The van der Waals surface area contributed by atoms with Gasteiger partial charge in [0.05, 0.1) is 11.1 Å². The highest BCUT2D eigenvalue weighted by Gasteiger charge is 2.15. The van der Waals surface area contributed by atoms with E-state index >= 15 is 0 Å². The van der Waals surface area contributed by atoms with Crippen LogP contribution in [0.2, 0.25) is 0 Å². The lowest BCUT2D eigenvalue weighted by Crippen LogP contribution is -2.10. The van der Waals surface area contributed by atoms with Gasteiger partial charge in [-0.2, -0.15) is 10.5 Å². The van der Waals surface area contributed by atoms with Gasteiger partial charge in [0.15, 0.2) is 0 Å². The topological polar surface area (TPSA) is 81.7 Å². The highest BCUT2D eigenvalue weighted by Crippen LogP contribution is 2.31. The summed E-state index contributed by atoms with van der Waals surface area (Å²) in [6.07, 6.45) is 23.9. The van der Waals surface area contributed by atoms with Gasteiger partial charge in [-0.3, -0.25) is 0 Å². The van der Waals surface area contributed by atoms with Gasteiger partial charge in [-0.15, -0.1) is 0 Å². The smallest absolute Gasteiger partial charge is 0.129 e. The quantitative estimate of drug-likeness (QED) is 0.302. The monoisotopic (exact) mass is 446 g/mol. The lowest BCUT2D eigenvalue weighted by Gasteiger charge is -2.24. The van der Waals surface area contributed by atoms with Crippen LogP contribution in [0.5, 0.6) is 0 Å². The standard InChI is InChI=1S/C18H36.C8H4N2.H2O2S/c1-2-3-4-5-6-7-8-9-10-11-12-13-15-18-16-14-17-18;9-5-7-3-1-2-4-8(7)6-10;1-3-2/h18H,2-17H2,1H3;1-4H;3H2. The van der Waals surface area contributed by atoms with Gasteiger partial charge >= 0.3 is 0 Å². The van der Waals surface area contributed by atoms with Gasteiger partial charge in [0, 0.05) is 0 Å². The predicted octanol–water partition coefficient (Wildman–Crippen LogP) is 7.10. The lowest BCUT2D eigenvalue weighted by atomic mass is 9.81. The number of rotatable bonds is 13. The SMILES string of the molecule is CCCCCCCCCCCCCCC1CCC1.N#Cc1ccccc1C#N.O=[SH2]=O. The van der Waals surface area contributed by atoms with Crippen molar-refractivity contribution in [3.63, 3.8) is 0 Å². The van der Waals surface area contributed by atoms with Crippen LogP contribution in [0.1, 0.15) is 121 Å². The van der Waals surface area contributed by atoms with E-state index in [0.29, 0.717) is 11.1 Å². The van der Waals surface area contributed by atoms with E-state index in [4.69, 9.17) is 18.9 Å². The molecule has 0 radical (unpaired) electrons. The van der Waals surface area contributed by atoms with Crippen LogP contribution in [-0.2, 0) is 11.6 Å². The fourth-order valence-corrected chi connectivity index (χ4v) is 3.73. The van der Waals surface area contributed by atoms with Crippen LogP contribution in [0.25, 0.3) is 0 Å². The highest BCUT2D eigenvalue weighted by atomic mass is 32.1. The normalized spacial score (nSPS) is 12.2. The first-order valence-corrected chi connectivity index (χ1v) is 12.9. The molecule has 0 bridgehead atoms. The van der Waals surface area contributed by atoms with Crippen molar-refractivity contribution in [2.45, 2.75) is 110 Å². The first kappa shape index (κ1) is 29.1. The summed E-state index contributed by atoms with van der Waals surface area (Å²) in [5, 5.41) is 16.9. The number of nitrogens with zero attached hydrogens (tertiary/aromatic N) is 2. The second-order valence-electron chi connectivity index (χ2n) is 8.33. The van der Waals surface area contributed by atoms with Crippen LogP contribution >= 0.6 is 0 Å². The molecule has 0 saturated heterocycles. The maximum absolute atomic E-state index is 8.45.